The molecule has 0 amide bonds. The van der Waals surface area contributed by atoms with Crippen molar-refractivity contribution in [3.05, 3.63) is 104 Å². The summed E-state index contributed by atoms with van der Waals surface area (Å²) in [6, 6.07) is 16.5. The number of H-pyrrole nitrogens is 1. The van der Waals surface area contributed by atoms with Gasteiger partial charge >= 0.3 is 0 Å². The highest BCUT2D eigenvalue weighted by atomic mass is 14.9. The molecule has 0 saturated heterocycles. The molecule has 1 heterocycles. The van der Waals surface area contributed by atoms with Gasteiger partial charge in [0.1, 0.15) is 0 Å². The largest absolute Gasteiger partial charge is 0.359 e. The van der Waals surface area contributed by atoms with Crippen molar-refractivity contribution in [2.24, 2.45) is 0 Å². The zero-order chi connectivity index (χ0) is 22.9. The number of aromatic nitrogens is 1. The molecule has 0 spiro atoms. The van der Waals surface area contributed by atoms with Crippen LogP contribution in [0.1, 0.15) is 51.0 Å². The van der Waals surface area contributed by atoms with Crippen LogP contribution in [-0.4, -0.2) is 4.98 Å². The molecule has 0 atom stereocenters. The quantitative estimate of drug-likeness (QED) is 0.189. The predicted molar refractivity (Wildman–Crippen MR) is 142 cm³/mol. The predicted octanol–water partition coefficient (Wildman–Crippen LogP) is 8.65. The number of unbranched alkanes of at least 4 members (excludes halogenated alkanes) is 4. The van der Waals surface area contributed by atoms with Crippen LogP contribution < -0.4 is 10.6 Å². The van der Waals surface area contributed by atoms with E-state index in [0.29, 0.717) is 11.4 Å². The maximum Gasteiger partial charge on any atom is 0.0641 e. The lowest BCUT2D eigenvalue weighted by Gasteiger charge is -2.16. The Morgan fingerprint density at radius 3 is 2.25 bits per heavy atom. The van der Waals surface area contributed by atoms with Gasteiger partial charge in [-0.25, -0.2) is 0 Å². The summed E-state index contributed by atoms with van der Waals surface area (Å²) in [7, 11) is 0. The Hall–Kier alpha value is -3.46. The van der Waals surface area contributed by atoms with Crippen LogP contribution in [-0.2, 0) is 0 Å². The zero-order valence-electron chi connectivity index (χ0n) is 19.3. The molecule has 0 radical (unpaired) electrons. The lowest BCUT2D eigenvalue weighted by Crippen LogP contribution is -2.07. The minimum absolute atomic E-state index is 0.709. The van der Waals surface area contributed by atoms with E-state index in [9.17, 15) is 0 Å². The van der Waals surface area contributed by atoms with E-state index in [1.54, 1.807) is 0 Å². The second-order valence-corrected chi connectivity index (χ2v) is 8.28. The van der Waals surface area contributed by atoms with Crippen LogP contribution in [0, 0.1) is 0 Å². The zero-order valence-corrected chi connectivity index (χ0v) is 19.3. The number of aromatic amines is 1. The van der Waals surface area contributed by atoms with E-state index >= 15 is 0 Å². The maximum absolute atomic E-state index is 4.27. The molecule has 2 aromatic carbocycles. The van der Waals surface area contributed by atoms with Gasteiger partial charge in [-0.05, 0) is 42.2 Å². The summed E-state index contributed by atoms with van der Waals surface area (Å²) < 4.78 is 0. The number of hydrogen-bond acceptors (Lipinski definition) is 2. The highest BCUT2D eigenvalue weighted by Gasteiger charge is 2.09. The lowest BCUT2D eigenvalue weighted by molar-refractivity contribution is 0.640. The van der Waals surface area contributed by atoms with Crippen LogP contribution in [0.5, 0.6) is 0 Å². The minimum atomic E-state index is 0.709. The first-order valence-corrected chi connectivity index (χ1v) is 11.5. The fraction of sp³-hybridized carbons (Fsp3) is 0.241. The van der Waals surface area contributed by atoms with Gasteiger partial charge in [-0.15, -0.1) is 0 Å². The van der Waals surface area contributed by atoms with Crippen LogP contribution in [0.25, 0.3) is 16.5 Å². The van der Waals surface area contributed by atoms with Crippen molar-refractivity contribution in [3.63, 3.8) is 0 Å². The fourth-order valence-electron chi connectivity index (χ4n) is 3.72. The average molecular weight is 426 g/mol. The van der Waals surface area contributed by atoms with Crippen LogP contribution >= 0.6 is 0 Å². The first-order valence-electron chi connectivity index (χ1n) is 11.5. The van der Waals surface area contributed by atoms with Gasteiger partial charge in [-0.3, -0.25) is 0 Å². The highest BCUT2D eigenvalue weighted by Crippen LogP contribution is 2.27. The molecule has 0 fully saturated rings. The highest BCUT2D eigenvalue weighted by molar-refractivity contribution is 5.93. The number of fused-ring (bicyclic) bond motifs is 1. The first-order chi connectivity index (χ1) is 15.5. The summed E-state index contributed by atoms with van der Waals surface area (Å²) in [6.45, 7) is 19.0. The molecular weight excluding hydrogens is 390 g/mol. The first kappa shape index (κ1) is 23.2. The molecule has 0 unspecified atom stereocenters. The Labute approximate surface area is 192 Å². The van der Waals surface area contributed by atoms with Crippen LogP contribution in [0.2, 0.25) is 0 Å². The SMILES string of the molecule is C=C(Nc1ccc(C(=C)CCCCCCC)cc1)C(=C)C(=C)Nc1c[nH]c2ccccc12. The minimum Gasteiger partial charge on any atom is -0.359 e. The van der Waals surface area contributed by atoms with Crippen LogP contribution in [0.3, 0.4) is 0 Å². The third-order valence-corrected chi connectivity index (χ3v) is 5.77. The van der Waals surface area contributed by atoms with Crippen molar-refractivity contribution in [2.75, 3.05) is 10.6 Å². The van der Waals surface area contributed by atoms with Gasteiger partial charge < -0.3 is 15.6 Å². The second-order valence-electron chi connectivity index (χ2n) is 8.28. The van der Waals surface area contributed by atoms with E-state index < -0.39 is 0 Å². The monoisotopic (exact) mass is 425 g/mol. The average Bonchev–Trinajstić information content (AvgIpc) is 3.21. The number of allylic oxidation sites excluding steroid dienone is 1. The van der Waals surface area contributed by atoms with Gasteiger partial charge in [-0.2, -0.15) is 0 Å². The van der Waals surface area contributed by atoms with Crippen molar-refractivity contribution in [3.8, 4) is 0 Å². The molecule has 3 rings (SSSR count). The van der Waals surface area contributed by atoms with Crippen molar-refractivity contribution in [2.45, 2.75) is 45.4 Å². The maximum atomic E-state index is 4.27. The third-order valence-electron chi connectivity index (χ3n) is 5.77. The Bertz CT molecular complexity index is 1100. The van der Waals surface area contributed by atoms with E-state index in [-0.39, 0.29) is 0 Å². The summed E-state index contributed by atoms with van der Waals surface area (Å²) in [6.07, 6.45) is 9.41. The van der Waals surface area contributed by atoms with E-state index in [0.717, 1.165) is 34.3 Å². The van der Waals surface area contributed by atoms with E-state index in [1.807, 2.05) is 24.4 Å². The molecule has 3 aromatic rings. The molecule has 32 heavy (non-hydrogen) atoms. The van der Waals surface area contributed by atoms with Gasteiger partial charge in [-0.1, -0.05) is 89.3 Å². The van der Waals surface area contributed by atoms with E-state index in [1.165, 1.54) is 43.2 Å². The number of rotatable bonds is 13. The Morgan fingerprint density at radius 2 is 1.50 bits per heavy atom. The third kappa shape index (κ3) is 6.04. The molecule has 166 valence electrons. The molecule has 0 aliphatic rings. The number of anilines is 2. The second kappa shape index (κ2) is 11.2. The van der Waals surface area contributed by atoms with E-state index in [2.05, 4.69) is 79.2 Å². The summed E-state index contributed by atoms with van der Waals surface area (Å²) in [5.74, 6) is 0. The number of hydrogen-bond donors (Lipinski definition) is 3. The lowest BCUT2D eigenvalue weighted by atomic mass is 10.0. The summed E-state index contributed by atoms with van der Waals surface area (Å²) in [4.78, 5) is 3.26. The van der Waals surface area contributed by atoms with Gasteiger partial charge in [0.05, 0.1) is 5.69 Å². The summed E-state index contributed by atoms with van der Waals surface area (Å²) >= 11 is 0. The Kier molecular flexibility index (Phi) is 8.15. The van der Waals surface area contributed by atoms with Gasteiger partial charge in [0.15, 0.2) is 0 Å². The summed E-state index contributed by atoms with van der Waals surface area (Å²) in [5, 5.41) is 7.80. The molecule has 0 aliphatic heterocycles. The number of benzene rings is 2. The van der Waals surface area contributed by atoms with Gasteiger partial charge in [0.2, 0.25) is 0 Å². The molecule has 1 aromatic heterocycles. The molecule has 0 saturated carbocycles. The Morgan fingerprint density at radius 1 is 0.812 bits per heavy atom. The van der Waals surface area contributed by atoms with Crippen molar-refractivity contribution < 1.29 is 0 Å². The molecule has 3 nitrogen and oxygen atoms in total. The molecular formula is C29H35N3. The summed E-state index contributed by atoms with van der Waals surface area (Å²) in [5.41, 5.74) is 7.56. The van der Waals surface area contributed by atoms with Crippen LogP contribution in [0.15, 0.2) is 98.0 Å². The fourth-order valence-corrected chi connectivity index (χ4v) is 3.72. The molecule has 0 bridgehead atoms. The number of para-hydroxylation sites is 1. The number of nitrogens with one attached hydrogen (secondary N) is 3. The topological polar surface area (TPSA) is 39.8 Å². The molecule has 0 aliphatic carbocycles. The molecule has 3 N–H and O–H groups in total. The van der Waals surface area contributed by atoms with Gasteiger partial charge in [0.25, 0.3) is 0 Å². The van der Waals surface area contributed by atoms with Crippen molar-refractivity contribution in [1.82, 2.24) is 4.98 Å². The van der Waals surface area contributed by atoms with Crippen LogP contribution in [0.4, 0.5) is 11.4 Å². The smallest absolute Gasteiger partial charge is 0.0641 e. The van der Waals surface area contributed by atoms with Crippen molar-refractivity contribution in [1.29, 1.82) is 0 Å². The van der Waals surface area contributed by atoms with E-state index in [4.69, 9.17) is 0 Å². The Balaban J connectivity index is 1.51. The van der Waals surface area contributed by atoms with Gasteiger partial charge in [0, 0.05) is 39.8 Å². The molecule has 3 heteroatoms. The normalized spacial score (nSPS) is 10.7. The standard InChI is InChI=1S/C29H35N3/c1-6-7-8-9-10-13-21(2)25-16-18-26(19-17-25)31-23(4)22(3)24(5)32-29-20-30-28-15-12-11-14-27(28)29/h11-12,14-20,30-32H,2-10,13H2,1H3. The van der Waals surface area contributed by atoms with Crippen molar-refractivity contribution >= 4 is 27.9 Å².